The highest BCUT2D eigenvalue weighted by molar-refractivity contribution is 7.90. The molecule has 48 heavy (non-hydrogen) atoms. The number of piperidine rings is 1. The number of anilines is 1. The molecule has 5 aromatic rings. The number of hydrogen-bond acceptors (Lipinski definition) is 8. The van der Waals surface area contributed by atoms with Crippen LogP contribution in [0.5, 0.6) is 0 Å². The van der Waals surface area contributed by atoms with Crippen LogP contribution in [-0.2, 0) is 14.8 Å². The minimum Gasteiger partial charge on any atom is -0.444 e. The fourth-order valence-corrected chi connectivity index (χ4v) is 7.33. The summed E-state index contributed by atoms with van der Waals surface area (Å²) in [4.78, 5) is 36.0. The number of ether oxygens (including phenoxy) is 1. The average molecular weight is 673 g/mol. The van der Waals surface area contributed by atoms with E-state index in [2.05, 4.69) is 25.5 Å². The molecule has 0 radical (unpaired) electrons. The van der Waals surface area contributed by atoms with Crippen molar-refractivity contribution >= 4 is 49.6 Å². The number of pyridine rings is 2. The van der Waals surface area contributed by atoms with E-state index < -0.39 is 33.4 Å². The van der Waals surface area contributed by atoms with Crippen molar-refractivity contribution in [2.75, 3.05) is 25.0 Å². The molecule has 0 bridgehead atoms. The average Bonchev–Trinajstić information content (AvgIpc) is 3.43. The molecule has 1 saturated heterocycles. The monoisotopic (exact) mass is 672 g/mol. The summed E-state index contributed by atoms with van der Waals surface area (Å²) < 4.78 is 50.3. The summed E-state index contributed by atoms with van der Waals surface area (Å²) in [6.45, 7) is 8.42. The molecule has 6 rings (SSSR count). The highest BCUT2D eigenvalue weighted by atomic mass is 32.2. The lowest BCUT2D eigenvalue weighted by Crippen LogP contribution is -2.49. The van der Waals surface area contributed by atoms with Crippen LogP contribution in [-0.4, -0.2) is 66.1 Å². The van der Waals surface area contributed by atoms with Gasteiger partial charge in [0, 0.05) is 66.8 Å². The number of amides is 2. The molecule has 11 nitrogen and oxygen atoms in total. The minimum absolute atomic E-state index is 0.0598. The Bertz CT molecular complexity index is 2160. The van der Waals surface area contributed by atoms with Crippen LogP contribution in [0.25, 0.3) is 33.1 Å². The van der Waals surface area contributed by atoms with Crippen molar-refractivity contribution in [2.45, 2.75) is 57.1 Å². The smallest absolute Gasteiger partial charge is 0.407 e. The van der Waals surface area contributed by atoms with E-state index in [0.717, 1.165) is 28.1 Å². The molecule has 1 fully saturated rings. The van der Waals surface area contributed by atoms with Crippen LogP contribution in [0.1, 0.15) is 49.5 Å². The fourth-order valence-electron chi connectivity index (χ4n) is 6.00. The second-order valence-corrected chi connectivity index (χ2v) is 14.8. The van der Waals surface area contributed by atoms with Crippen LogP contribution in [0.15, 0.2) is 72.0 Å². The number of halogens is 1. The lowest BCUT2D eigenvalue weighted by atomic mass is 10.00. The molecule has 1 atom stereocenters. The predicted octanol–water partition coefficient (Wildman–Crippen LogP) is 5.79. The third-order valence-electron chi connectivity index (χ3n) is 8.25. The number of aryl methyl sites for hydroxylation is 1. The number of hydrogen-bond donors (Lipinski definition) is 2. The Labute approximate surface area is 278 Å². The van der Waals surface area contributed by atoms with E-state index in [1.54, 1.807) is 57.3 Å². The highest BCUT2D eigenvalue weighted by Crippen LogP contribution is 2.37. The van der Waals surface area contributed by atoms with Gasteiger partial charge in [0.25, 0.3) is 15.9 Å². The van der Waals surface area contributed by atoms with Gasteiger partial charge in [-0.3, -0.25) is 9.78 Å². The zero-order valence-electron chi connectivity index (χ0n) is 27.4. The van der Waals surface area contributed by atoms with Crippen LogP contribution >= 0.6 is 0 Å². The molecule has 4 heterocycles. The summed E-state index contributed by atoms with van der Waals surface area (Å²) in [5, 5.41) is 6.39. The fraction of sp³-hybridized carbons (Fsp3) is 0.314. The SMILES string of the molecule is CNC(=O)c1cnc2c(c1)c(-c1cc(F)c3nccc(N4CCC[C@H](NC(=O)OC(C)(C)C)C4)c3c1)cn2S(=O)(=O)c1ccc(C)cc1. The number of carbonyl (C=O) groups excluding carboxylic acids is 2. The quantitative estimate of drug-likeness (QED) is 0.232. The Kier molecular flexibility index (Phi) is 8.58. The molecule has 0 unspecified atom stereocenters. The van der Waals surface area contributed by atoms with Crippen molar-refractivity contribution in [1.29, 1.82) is 0 Å². The summed E-state index contributed by atoms with van der Waals surface area (Å²) in [7, 11) is -2.63. The summed E-state index contributed by atoms with van der Waals surface area (Å²) in [6.07, 6.45) is 5.32. The van der Waals surface area contributed by atoms with Crippen LogP contribution < -0.4 is 15.5 Å². The zero-order chi connectivity index (χ0) is 34.4. The maximum atomic E-state index is 15.9. The maximum Gasteiger partial charge on any atom is 0.407 e. The highest BCUT2D eigenvalue weighted by Gasteiger charge is 2.27. The number of alkyl carbamates (subject to hydrolysis) is 1. The van der Waals surface area contributed by atoms with Crippen LogP contribution in [0.2, 0.25) is 0 Å². The molecule has 0 saturated carbocycles. The minimum atomic E-state index is -4.12. The van der Waals surface area contributed by atoms with E-state index in [4.69, 9.17) is 4.74 Å². The number of carbonyl (C=O) groups is 2. The first kappa shape index (κ1) is 32.9. The Balaban J connectivity index is 1.47. The third kappa shape index (κ3) is 6.42. The normalized spacial score (nSPS) is 15.5. The molecule has 0 spiro atoms. The van der Waals surface area contributed by atoms with Crippen molar-refractivity contribution in [2.24, 2.45) is 0 Å². The third-order valence-corrected chi connectivity index (χ3v) is 9.91. The van der Waals surface area contributed by atoms with E-state index in [-0.39, 0.29) is 27.7 Å². The van der Waals surface area contributed by atoms with Gasteiger partial charge >= 0.3 is 6.09 Å². The number of rotatable bonds is 6. The van der Waals surface area contributed by atoms with Crippen LogP contribution in [0, 0.1) is 12.7 Å². The zero-order valence-corrected chi connectivity index (χ0v) is 28.2. The van der Waals surface area contributed by atoms with Crippen LogP contribution in [0.4, 0.5) is 14.9 Å². The molecular formula is C35H37FN6O5S. The van der Waals surface area contributed by atoms with E-state index in [1.807, 2.05) is 6.92 Å². The Hall–Kier alpha value is -5.04. The molecule has 3 aromatic heterocycles. The molecule has 13 heteroatoms. The first-order chi connectivity index (χ1) is 22.7. The Morgan fingerprint density at radius 2 is 1.79 bits per heavy atom. The van der Waals surface area contributed by atoms with Gasteiger partial charge in [-0.05, 0) is 82.5 Å². The largest absolute Gasteiger partial charge is 0.444 e. The van der Waals surface area contributed by atoms with Crippen LogP contribution in [0.3, 0.4) is 0 Å². The Morgan fingerprint density at radius 1 is 1.04 bits per heavy atom. The summed E-state index contributed by atoms with van der Waals surface area (Å²) >= 11 is 0. The molecule has 2 aromatic carbocycles. The van der Waals surface area contributed by atoms with E-state index in [9.17, 15) is 18.0 Å². The van der Waals surface area contributed by atoms with Crippen molar-refractivity contribution in [3.8, 4) is 11.1 Å². The topological polar surface area (TPSA) is 136 Å². The van der Waals surface area contributed by atoms with E-state index in [1.165, 1.54) is 37.6 Å². The van der Waals surface area contributed by atoms with E-state index in [0.29, 0.717) is 35.0 Å². The first-order valence-electron chi connectivity index (χ1n) is 15.6. The predicted molar refractivity (Wildman–Crippen MR) is 182 cm³/mol. The van der Waals surface area contributed by atoms with Gasteiger partial charge < -0.3 is 20.3 Å². The van der Waals surface area contributed by atoms with Gasteiger partial charge in [0.1, 0.15) is 16.9 Å². The van der Waals surface area contributed by atoms with Crippen molar-refractivity contribution < 1.29 is 27.1 Å². The van der Waals surface area contributed by atoms with Crippen molar-refractivity contribution in [3.05, 3.63) is 84.1 Å². The number of fused-ring (bicyclic) bond motifs is 2. The lowest BCUT2D eigenvalue weighted by molar-refractivity contribution is 0.0499. The Morgan fingerprint density at radius 3 is 2.50 bits per heavy atom. The number of aromatic nitrogens is 3. The van der Waals surface area contributed by atoms with Gasteiger partial charge in [0.05, 0.1) is 10.5 Å². The maximum absolute atomic E-state index is 15.9. The molecule has 1 aliphatic heterocycles. The molecule has 1 aliphatic rings. The summed E-state index contributed by atoms with van der Waals surface area (Å²) in [6, 6.07) is 12.7. The molecule has 0 aliphatic carbocycles. The molecule has 2 amide bonds. The van der Waals surface area contributed by atoms with Gasteiger partial charge in [0.15, 0.2) is 5.65 Å². The lowest BCUT2D eigenvalue weighted by Gasteiger charge is -2.35. The second-order valence-electron chi connectivity index (χ2n) is 12.9. The number of nitrogens with one attached hydrogen (secondary N) is 2. The van der Waals surface area contributed by atoms with Gasteiger partial charge in [-0.1, -0.05) is 17.7 Å². The van der Waals surface area contributed by atoms with Gasteiger partial charge in [0.2, 0.25) is 0 Å². The second kappa shape index (κ2) is 12.5. The van der Waals surface area contributed by atoms with E-state index >= 15 is 4.39 Å². The standard InChI is InChI=1S/C35H37FN6O5S/c1-21-8-10-25(11-9-21)48(45,46)42-20-28(26-16-23(33(43)37-5)18-39-32(26)42)22-15-27-30(12-13-38-31(27)29(36)17-22)41-14-6-7-24(19-41)40-34(44)47-35(2,3)4/h8-13,15-18,20,24H,6-7,14,19H2,1-5H3,(H,37,43)(H,40,44)/t24-/m0/s1. The number of benzene rings is 2. The molecule has 250 valence electrons. The molecule has 2 N–H and O–H groups in total. The number of nitrogens with zero attached hydrogens (tertiary/aromatic N) is 4. The van der Waals surface area contributed by atoms with Crippen molar-refractivity contribution in [3.63, 3.8) is 0 Å². The summed E-state index contributed by atoms with van der Waals surface area (Å²) in [5.74, 6) is -0.997. The van der Waals surface area contributed by atoms with Gasteiger partial charge in [-0.25, -0.2) is 26.6 Å². The van der Waals surface area contributed by atoms with Gasteiger partial charge in [-0.15, -0.1) is 0 Å². The van der Waals surface area contributed by atoms with Gasteiger partial charge in [-0.2, -0.15) is 0 Å². The first-order valence-corrected chi connectivity index (χ1v) is 17.1. The summed E-state index contributed by atoms with van der Waals surface area (Å²) in [5.41, 5.74) is 2.21. The molecular weight excluding hydrogens is 635 g/mol. The van der Waals surface area contributed by atoms with Crippen molar-refractivity contribution in [1.82, 2.24) is 24.6 Å².